The fourth-order valence-electron chi connectivity index (χ4n) is 2.87. The Kier molecular flexibility index (Phi) is 4.16. The molecule has 0 saturated carbocycles. The lowest BCUT2D eigenvalue weighted by atomic mass is 10.1. The van der Waals surface area contributed by atoms with Gasteiger partial charge in [-0.15, -0.1) is 0 Å². The molecule has 1 fully saturated rings. The molecule has 114 valence electrons. The van der Waals surface area contributed by atoms with E-state index in [1.807, 2.05) is 0 Å². The topological polar surface area (TPSA) is 73.5 Å². The van der Waals surface area contributed by atoms with Crippen molar-refractivity contribution in [2.75, 3.05) is 26.2 Å². The van der Waals surface area contributed by atoms with Crippen molar-refractivity contribution in [1.29, 1.82) is 0 Å². The molecule has 21 heavy (non-hydrogen) atoms. The second-order valence-electron chi connectivity index (χ2n) is 5.48. The van der Waals surface area contributed by atoms with Gasteiger partial charge in [-0.25, -0.2) is 0 Å². The molecule has 6 nitrogen and oxygen atoms in total. The van der Waals surface area contributed by atoms with Gasteiger partial charge < -0.3 is 14.8 Å². The number of aromatic amines is 1. The van der Waals surface area contributed by atoms with Crippen LogP contribution in [-0.2, 0) is 4.79 Å². The molecule has 0 unspecified atom stereocenters. The summed E-state index contributed by atoms with van der Waals surface area (Å²) in [7, 11) is 0. The summed E-state index contributed by atoms with van der Waals surface area (Å²) in [6.07, 6.45) is 0. The van der Waals surface area contributed by atoms with Crippen LogP contribution in [0, 0.1) is 13.8 Å². The molecule has 0 aliphatic carbocycles. The van der Waals surface area contributed by atoms with E-state index in [2.05, 4.69) is 4.98 Å². The Hall–Kier alpha value is -2.11. The van der Waals surface area contributed by atoms with Gasteiger partial charge in [0.25, 0.3) is 5.91 Å². The molecule has 1 N–H and O–H groups in total. The average molecular weight is 291 g/mol. The van der Waals surface area contributed by atoms with Crippen LogP contribution in [0.3, 0.4) is 0 Å². The minimum Gasteiger partial charge on any atom is -0.354 e. The number of amides is 2. The first-order valence-corrected chi connectivity index (χ1v) is 7.07. The van der Waals surface area contributed by atoms with Crippen LogP contribution in [-0.4, -0.2) is 58.6 Å². The van der Waals surface area contributed by atoms with Gasteiger partial charge >= 0.3 is 0 Å². The van der Waals surface area contributed by atoms with Crippen molar-refractivity contribution in [2.45, 2.75) is 27.7 Å². The number of piperazine rings is 1. The maximum atomic E-state index is 12.6. The lowest BCUT2D eigenvalue weighted by Gasteiger charge is -2.34. The molecule has 1 aliphatic rings. The van der Waals surface area contributed by atoms with Crippen molar-refractivity contribution in [3.63, 3.8) is 0 Å². The number of H-pyrrole nitrogens is 1. The fraction of sp³-hybridized carbons (Fsp3) is 0.533. The summed E-state index contributed by atoms with van der Waals surface area (Å²) in [5.74, 6) is -0.110. The number of nitrogens with one attached hydrogen (secondary N) is 1. The van der Waals surface area contributed by atoms with E-state index in [9.17, 15) is 14.4 Å². The maximum absolute atomic E-state index is 12.6. The molecular weight excluding hydrogens is 270 g/mol. The van der Waals surface area contributed by atoms with E-state index in [1.54, 1.807) is 23.6 Å². The van der Waals surface area contributed by atoms with Crippen LogP contribution in [0.5, 0.6) is 0 Å². The molecule has 1 aromatic rings. The van der Waals surface area contributed by atoms with Crippen LogP contribution in [0.25, 0.3) is 0 Å². The summed E-state index contributed by atoms with van der Waals surface area (Å²) in [6.45, 7) is 8.78. The monoisotopic (exact) mass is 291 g/mol. The normalized spacial score (nSPS) is 15.2. The van der Waals surface area contributed by atoms with Gasteiger partial charge in [-0.3, -0.25) is 14.4 Å². The molecule has 0 radical (unpaired) electrons. The zero-order valence-electron chi connectivity index (χ0n) is 12.9. The van der Waals surface area contributed by atoms with Crippen LogP contribution < -0.4 is 0 Å². The van der Waals surface area contributed by atoms with E-state index in [4.69, 9.17) is 0 Å². The van der Waals surface area contributed by atoms with Gasteiger partial charge in [-0.2, -0.15) is 0 Å². The summed E-state index contributed by atoms with van der Waals surface area (Å²) in [5.41, 5.74) is 2.51. The summed E-state index contributed by atoms with van der Waals surface area (Å²) in [4.78, 5) is 42.0. The molecule has 2 amide bonds. The quantitative estimate of drug-likeness (QED) is 0.830. The summed E-state index contributed by atoms with van der Waals surface area (Å²) in [5, 5.41) is 0. The van der Waals surface area contributed by atoms with Crippen LogP contribution in [0.4, 0.5) is 0 Å². The van der Waals surface area contributed by atoms with Crippen molar-refractivity contribution >= 4 is 17.6 Å². The Labute approximate surface area is 124 Å². The number of carbonyl (C=O) groups is 3. The Morgan fingerprint density at radius 2 is 1.48 bits per heavy atom. The minimum absolute atomic E-state index is 0.0351. The molecule has 1 saturated heterocycles. The van der Waals surface area contributed by atoms with Crippen molar-refractivity contribution in [3.05, 3.63) is 22.5 Å². The molecule has 0 aromatic carbocycles. The van der Waals surface area contributed by atoms with Gasteiger partial charge in [0, 0.05) is 44.4 Å². The van der Waals surface area contributed by atoms with E-state index < -0.39 is 0 Å². The van der Waals surface area contributed by atoms with Crippen LogP contribution in [0.1, 0.15) is 46.0 Å². The zero-order valence-corrected chi connectivity index (χ0v) is 12.9. The average Bonchev–Trinajstić information content (AvgIpc) is 2.73. The molecule has 1 aromatic heterocycles. The van der Waals surface area contributed by atoms with Crippen LogP contribution in [0.15, 0.2) is 0 Å². The molecule has 0 spiro atoms. The number of aromatic nitrogens is 1. The zero-order chi connectivity index (χ0) is 15.7. The van der Waals surface area contributed by atoms with Crippen molar-refractivity contribution in [3.8, 4) is 0 Å². The lowest BCUT2D eigenvalue weighted by molar-refractivity contribution is -0.130. The first kappa shape index (κ1) is 15.3. The predicted molar refractivity (Wildman–Crippen MR) is 78.4 cm³/mol. The maximum Gasteiger partial charge on any atom is 0.270 e. The molecular formula is C15H21N3O3. The van der Waals surface area contributed by atoms with Gasteiger partial charge in [0.1, 0.15) is 5.69 Å². The van der Waals surface area contributed by atoms with E-state index in [0.29, 0.717) is 43.0 Å². The number of carbonyl (C=O) groups excluding carboxylic acids is 3. The van der Waals surface area contributed by atoms with Crippen LogP contribution >= 0.6 is 0 Å². The van der Waals surface area contributed by atoms with Gasteiger partial charge in [0.2, 0.25) is 5.91 Å². The first-order chi connectivity index (χ1) is 9.82. The second kappa shape index (κ2) is 5.71. The number of nitrogens with zero attached hydrogens (tertiary/aromatic N) is 2. The minimum atomic E-state index is -0.105. The molecule has 6 heteroatoms. The Bertz CT molecular complexity index is 596. The van der Waals surface area contributed by atoms with Crippen molar-refractivity contribution in [2.24, 2.45) is 0 Å². The van der Waals surface area contributed by atoms with Crippen LogP contribution in [0.2, 0.25) is 0 Å². The summed E-state index contributed by atoms with van der Waals surface area (Å²) < 4.78 is 0. The lowest BCUT2D eigenvalue weighted by Crippen LogP contribution is -2.50. The third-order valence-electron chi connectivity index (χ3n) is 4.02. The second-order valence-corrected chi connectivity index (χ2v) is 5.48. The smallest absolute Gasteiger partial charge is 0.270 e. The predicted octanol–water partition coefficient (Wildman–Crippen LogP) is 1.14. The Balaban J connectivity index is 2.17. The van der Waals surface area contributed by atoms with E-state index >= 15 is 0 Å². The number of rotatable bonds is 2. The first-order valence-electron chi connectivity index (χ1n) is 7.07. The van der Waals surface area contributed by atoms with E-state index in [-0.39, 0.29) is 17.6 Å². The number of ketones is 1. The molecule has 0 atom stereocenters. The van der Waals surface area contributed by atoms with E-state index in [1.165, 1.54) is 13.8 Å². The van der Waals surface area contributed by atoms with Gasteiger partial charge in [-0.1, -0.05) is 0 Å². The highest BCUT2D eigenvalue weighted by atomic mass is 16.2. The Morgan fingerprint density at radius 1 is 0.952 bits per heavy atom. The van der Waals surface area contributed by atoms with E-state index in [0.717, 1.165) is 5.69 Å². The highest BCUT2D eigenvalue weighted by Gasteiger charge is 2.27. The SMILES string of the molecule is CC(=O)c1c(C)[nH]c(C(=O)N2CCN(C(C)=O)CC2)c1C. The number of hydrogen-bond donors (Lipinski definition) is 1. The highest BCUT2D eigenvalue weighted by Crippen LogP contribution is 2.20. The highest BCUT2D eigenvalue weighted by molar-refractivity contribution is 6.02. The van der Waals surface area contributed by atoms with Crippen molar-refractivity contribution < 1.29 is 14.4 Å². The van der Waals surface area contributed by atoms with Gasteiger partial charge in [-0.05, 0) is 26.3 Å². The number of Topliss-reactive ketones (excluding diaryl/α,β-unsaturated/α-hetero) is 1. The summed E-state index contributed by atoms with van der Waals surface area (Å²) >= 11 is 0. The number of aryl methyl sites for hydroxylation is 1. The third kappa shape index (κ3) is 2.84. The van der Waals surface area contributed by atoms with Gasteiger partial charge in [0.05, 0.1) is 0 Å². The fourth-order valence-corrected chi connectivity index (χ4v) is 2.87. The molecule has 0 bridgehead atoms. The summed E-state index contributed by atoms with van der Waals surface area (Å²) in [6, 6.07) is 0. The Morgan fingerprint density at radius 3 is 1.90 bits per heavy atom. The largest absolute Gasteiger partial charge is 0.354 e. The third-order valence-corrected chi connectivity index (χ3v) is 4.02. The van der Waals surface area contributed by atoms with Crippen molar-refractivity contribution in [1.82, 2.24) is 14.8 Å². The van der Waals surface area contributed by atoms with Gasteiger partial charge in [0.15, 0.2) is 5.78 Å². The molecule has 2 rings (SSSR count). The number of hydrogen-bond acceptors (Lipinski definition) is 3. The molecule has 2 heterocycles. The molecule has 1 aliphatic heterocycles. The standard InChI is InChI=1S/C15H21N3O3/c1-9-13(11(3)19)10(2)16-14(9)15(21)18-7-5-17(6-8-18)12(4)20/h16H,5-8H2,1-4H3.